The Hall–Kier alpha value is -2.19. The van der Waals surface area contributed by atoms with E-state index >= 15 is 0 Å². The number of halogens is 4. The highest BCUT2D eigenvalue weighted by Crippen LogP contribution is 2.32. The van der Waals surface area contributed by atoms with E-state index in [1.54, 1.807) is 42.1 Å². The maximum Gasteiger partial charge on any atom is 0.282 e. The maximum absolute atomic E-state index is 14.9. The summed E-state index contributed by atoms with van der Waals surface area (Å²) in [7, 11) is 1.55. The van der Waals surface area contributed by atoms with E-state index in [1.807, 2.05) is 30.5 Å². The van der Waals surface area contributed by atoms with Crippen molar-refractivity contribution in [1.29, 1.82) is 0 Å². The number of aromatic amines is 1. The Bertz CT molecular complexity index is 1150. The zero-order valence-electron chi connectivity index (χ0n) is 15.6. The molecule has 0 amide bonds. The molecule has 29 heavy (non-hydrogen) atoms. The second-order valence-corrected chi connectivity index (χ2v) is 7.55. The summed E-state index contributed by atoms with van der Waals surface area (Å²) in [6, 6.07) is 14.5. The molecule has 0 aliphatic rings. The number of hydrogen-bond donors (Lipinski definition) is 1. The van der Waals surface area contributed by atoms with Crippen molar-refractivity contribution < 1.29 is 35.5 Å². The molecule has 0 unspecified atom stereocenters. The highest BCUT2D eigenvalue weighted by atomic mass is 79.9. The van der Waals surface area contributed by atoms with Gasteiger partial charge in [0.25, 0.3) is 5.92 Å². The van der Waals surface area contributed by atoms with Crippen LogP contribution in [0.4, 0.5) is 14.5 Å². The molecule has 2 heterocycles. The smallest absolute Gasteiger partial charge is 0.282 e. The number of fused-ring (bicyclic) bond motifs is 3. The van der Waals surface area contributed by atoms with Crippen LogP contribution in [-0.4, -0.2) is 24.1 Å². The van der Waals surface area contributed by atoms with Gasteiger partial charge in [-0.15, -0.1) is 0 Å². The zero-order chi connectivity index (χ0) is 19.7. The van der Waals surface area contributed by atoms with E-state index in [0.717, 1.165) is 26.3 Å². The van der Waals surface area contributed by atoms with Gasteiger partial charge in [-0.2, -0.15) is 0 Å². The van der Waals surface area contributed by atoms with Crippen LogP contribution in [0.25, 0.3) is 21.8 Å². The van der Waals surface area contributed by atoms with Crippen LogP contribution in [0.2, 0.25) is 0 Å². The fraction of sp³-hybridized carbons (Fsp3) is 0.190. The molecule has 152 valence electrons. The second kappa shape index (κ2) is 8.67. The van der Waals surface area contributed by atoms with Gasteiger partial charge < -0.3 is 31.6 Å². The molecule has 0 bridgehead atoms. The van der Waals surface area contributed by atoms with Crippen molar-refractivity contribution in [2.75, 3.05) is 19.0 Å². The molecule has 2 aromatic carbocycles. The number of ether oxygens (including phenoxy) is 1. The summed E-state index contributed by atoms with van der Waals surface area (Å²) >= 11 is 3.46. The molecule has 0 aliphatic heterocycles. The van der Waals surface area contributed by atoms with Crippen LogP contribution in [0.15, 0.2) is 65.4 Å². The second-order valence-electron chi connectivity index (χ2n) is 6.63. The van der Waals surface area contributed by atoms with Crippen molar-refractivity contribution in [2.24, 2.45) is 0 Å². The monoisotopic (exact) mass is 525 g/mol. The first kappa shape index (κ1) is 21.5. The molecule has 0 atom stereocenters. The number of hydrogen-bond acceptors (Lipinski definition) is 2. The van der Waals surface area contributed by atoms with Crippen molar-refractivity contribution >= 4 is 43.4 Å². The largest absolute Gasteiger partial charge is 1.00 e. The number of H-pyrrole nitrogens is 1. The Kier molecular flexibility index (Phi) is 6.43. The third kappa shape index (κ3) is 4.53. The molecule has 2 aromatic heterocycles. The lowest BCUT2D eigenvalue weighted by Gasteiger charge is -2.20. The van der Waals surface area contributed by atoms with Gasteiger partial charge in [-0.3, -0.25) is 0 Å². The average molecular weight is 527 g/mol. The molecular weight excluding hydrogens is 508 g/mol. The number of aromatic nitrogens is 2. The van der Waals surface area contributed by atoms with E-state index in [9.17, 15) is 8.78 Å². The topological polar surface area (TPSA) is 40.3 Å². The first-order chi connectivity index (χ1) is 13.5. The summed E-state index contributed by atoms with van der Waals surface area (Å²) in [4.78, 5) is 3.04. The van der Waals surface area contributed by atoms with Crippen molar-refractivity contribution in [2.45, 2.75) is 12.5 Å². The first-order valence-electron chi connectivity index (χ1n) is 8.80. The molecule has 2 N–H and O–H groups in total. The summed E-state index contributed by atoms with van der Waals surface area (Å²) < 4.78 is 37.4. The van der Waals surface area contributed by atoms with Crippen LogP contribution < -0.4 is 32.0 Å². The molecule has 4 rings (SSSR count). The highest BCUT2D eigenvalue weighted by molar-refractivity contribution is 9.10. The van der Waals surface area contributed by atoms with Crippen LogP contribution >= 0.6 is 15.9 Å². The van der Waals surface area contributed by atoms with Crippen LogP contribution in [0, 0.1) is 0 Å². The van der Waals surface area contributed by atoms with Crippen molar-refractivity contribution in [3.63, 3.8) is 0 Å². The van der Waals surface area contributed by atoms with E-state index in [1.165, 1.54) is 0 Å². The number of alkyl halides is 2. The summed E-state index contributed by atoms with van der Waals surface area (Å²) in [5, 5.41) is 4.66. The molecule has 8 heteroatoms. The maximum atomic E-state index is 14.9. The minimum atomic E-state index is -2.95. The fourth-order valence-electron chi connectivity index (χ4n) is 3.38. The molecule has 0 aliphatic carbocycles. The number of anilines is 1. The molecule has 4 aromatic rings. The fourth-order valence-corrected chi connectivity index (χ4v) is 3.75. The lowest BCUT2D eigenvalue weighted by atomic mass is 10.2. The van der Waals surface area contributed by atoms with Crippen molar-refractivity contribution in [1.82, 2.24) is 4.57 Å². The Balaban J connectivity index is 0.00000240. The Morgan fingerprint density at radius 1 is 1.10 bits per heavy atom. The van der Waals surface area contributed by atoms with Crippen molar-refractivity contribution in [3.8, 4) is 5.75 Å². The lowest BCUT2D eigenvalue weighted by molar-refractivity contribution is -0.375. The molecule has 0 saturated carbocycles. The minimum absolute atomic E-state index is 0. The van der Waals surface area contributed by atoms with Gasteiger partial charge in [0.05, 0.1) is 31.1 Å². The molecule has 4 nitrogen and oxygen atoms in total. The molecule has 0 radical (unpaired) electrons. The molecule has 0 spiro atoms. The van der Waals surface area contributed by atoms with Gasteiger partial charge in [0.2, 0.25) is 0 Å². The van der Waals surface area contributed by atoms with E-state index < -0.39 is 19.0 Å². The van der Waals surface area contributed by atoms with Gasteiger partial charge in [0.1, 0.15) is 5.75 Å². The third-order valence-electron chi connectivity index (χ3n) is 4.68. The van der Waals surface area contributed by atoms with E-state index in [2.05, 4.69) is 26.2 Å². The Morgan fingerprint density at radius 2 is 1.90 bits per heavy atom. The number of methoxy groups -OCH3 is 1. The van der Waals surface area contributed by atoms with E-state index in [4.69, 9.17) is 4.74 Å². The van der Waals surface area contributed by atoms with E-state index in [-0.39, 0.29) is 17.0 Å². The number of benzene rings is 2. The number of nitrogens with zero attached hydrogens (tertiary/aromatic N) is 1. The van der Waals surface area contributed by atoms with Gasteiger partial charge in [0, 0.05) is 33.2 Å². The van der Waals surface area contributed by atoms with Gasteiger partial charge in [-0.05, 0) is 30.3 Å². The minimum Gasteiger partial charge on any atom is -1.00 e. The summed E-state index contributed by atoms with van der Waals surface area (Å²) in [5.74, 6) is -2.33. The van der Waals surface area contributed by atoms with Gasteiger partial charge in [-0.25, -0.2) is 13.8 Å². The third-order valence-corrected chi connectivity index (χ3v) is 5.17. The Labute approximate surface area is 185 Å². The number of nitrogens with one attached hydrogen (secondary N) is 2. The standard InChI is InChI=1S/C21H18BrF2N3O.BrH/c1-28-16-4-2-3-15(10-16)26-12-21(23,24)13-27-19-6-5-14(22)9-17(19)18-11-25-8-7-20(18)27;/h2-11,26H,12-13H2,1H3;1H. The number of rotatable bonds is 6. The van der Waals surface area contributed by atoms with Crippen LogP contribution in [0.5, 0.6) is 5.75 Å². The SMILES string of the molecule is COc1cccc(NCC(F)(F)Cn2c3cc[nH+]cc3c3cc(Br)ccc32)c1.[Br-]. The molecule has 0 saturated heterocycles. The predicted molar refractivity (Wildman–Crippen MR) is 110 cm³/mol. The zero-order valence-corrected chi connectivity index (χ0v) is 18.7. The summed E-state index contributed by atoms with van der Waals surface area (Å²) in [6.07, 6.45) is 3.59. The number of pyridine rings is 1. The first-order valence-corrected chi connectivity index (χ1v) is 9.59. The average Bonchev–Trinajstić information content (AvgIpc) is 2.99. The highest BCUT2D eigenvalue weighted by Gasteiger charge is 2.31. The van der Waals surface area contributed by atoms with E-state index in [0.29, 0.717) is 11.4 Å². The van der Waals surface area contributed by atoms with Gasteiger partial charge >= 0.3 is 0 Å². The summed E-state index contributed by atoms with van der Waals surface area (Å²) in [5.41, 5.74) is 2.14. The lowest BCUT2D eigenvalue weighted by Crippen LogP contribution is -3.00. The quantitative estimate of drug-likeness (QED) is 0.418. The molecule has 0 fully saturated rings. The van der Waals surface area contributed by atoms with Gasteiger partial charge in [0.15, 0.2) is 12.4 Å². The van der Waals surface area contributed by atoms with Crippen LogP contribution in [0.1, 0.15) is 0 Å². The normalized spacial score (nSPS) is 11.4. The summed E-state index contributed by atoms with van der Waals surface area (Å²) in [6.45, 7) is -0.896. The molecular formula is C21H19Br2F2N3O. The van der Waals surface area contributed by atoms with Crippen LogP contribution in [0.3, 0.4) is 0 Å². The predicted octanol–water partition coefficient (Wildman–Crippen LogP) is 2.13. The van der Waals surface area contributed by atoms with Crippen LogP contribution in [-0.2, 0) is 6.54 Å². The Morgan fingerprint density at radius 3 is 2.69 bits per heavy atom. The van der Waals surface area contributed by atoms with Crippen molar-refractivity contribution in [3.05, 3.63) is 65.4 Å². The van der Waals surface area contributed by atoms with Gasteiger partial charge in [-0.1, -0.05) is 22.0 Å².